The first-order valence-corrected chi connectivity index (χ1v) is 3.63. The molecule has 0 radical (unpaired) electrons. The van der Waals surface area contributed by atoms with Gasteiger partial charge >= 0.3 is 0 Å². The number of alkyl halides is 1. The van der Waals surface area contributed by atoms with Crippen molar-refractivity contribution in [3.8, 4) is 0 Å². The van der Waals surface area contributed by atoms with E-state index < -0.39 is 12.6 Å². The molecule has 1 aliphatic rings. The van der Waals surface area contributed by atoms with Crippen molar-refractivity contribution in [2.24, 2.45) is 0 Å². The van der Waals surface area contributed by atoms with Crippen LogP contribution in [0.2, 0.25) is 0 Å². The Hall–Kier alpha value is -1.26. The topological polar surface area (TPSA) is 47.6 Å². The van der Waals surface area contributed by atoms with Crippen LogP contribution in [0, 0.1) is 0 Å². The first kappa shape index (κ1) is 8.83. The van der Waals surface area contributed by atoms with Crippen molar-refractivity contribution >= 4 is 5.91 Å². The first-order chi connectivity index (χ1) is 5.84. The highest BCUT2D eigenvalue weighted by molar-refractivity contribution is 5.91. The summed E-state index contributed by atoms with van der Waals surface area (Å²) in [4.78, 5) is 11.0. The van der Waals surface area contributed by atoms with Gasteiger partial charge in [-0.1, -0.05) is 0 Å². The maximum Gasteiger partial charge on any atom is 0.289 e. The highest BCUT2D eigenvalue weighted by Gasteiger charge is 2.13. The third-order valence-corrected chi connectivity index (χ3v) is 1.25. The van der Waals surface area contributed by atoms with E-state index in [-0.39, 0.29) is 12.3 Å². The highest BCUT2D eigenvalue weighted by Crippen LogP contribution is 2.03. The zero-order chi connectivity index (χ0) is 8.81. The lowest BCUT2D eigenvalue weighted by atomic mass is 10.4. The molecule has 12 heavy (non-hydrogen) atoms. The number of ether oxygens (including phenoxy) is 2. The molecular formula is C7H10FNO3. The summed E-state index contributed by atoms with van der Waals surface area (Å²) in [5, 5.41) is 2.31. The van der Waals surface area contributed by atoms with Crippen LogP contribution in [0.25, 0.3) is 0 Å². The monoisotopic (exact) mass is 175 g/mol. The fourth-order valence-corrected chi connectivity index (χ4v) is 0.735. The van der Waals surface area contributed by atoms with Gasteiger partial charge < -0.3 is 14.8 Å². The van der Waals surface area contributed by atoms with E-state index in [0.29, 0.717) is 13.2 Å². The van der Waals surface area contributed by atoms with Gasteiger partial charge in [-0.05, 0) is 0 Å². The predicted octanol–water partition coefficient (Wildman–Crippen LogP) is -0.0397. The molecule has 0 fully saturated rings. The van der Waals surface area contributed by atoms with Crippen molar-refractivity contribution in [1.82, 2.24) is 5.32 Å². The minimum Gasteiger partial charge on any atom is -0.494 e. The molecule has 1 amide bonds. The second-order valence-corrected chi connectivity index (χ2v) is 2.15. The smallest absolute Gasteiger partial charge is 0.289 e. The van der Waals surface area contributed by atoms with E-state index in [9.17, 15) is 9.18 Å². The second-order valence-electron chi connectivity index (χ2n) is 2.15. The molecule has 0 aromatic heterocycles. The van der Waals surface area contributed by atoms with Crippen LogP contribution in [0.3, 0.4) is 0 Å². The fourth-order valence-electron chi connectivity index (χ4n) is 0.735. The zero-order valence-corrected chi connectivity index (χ0v) is 6.51. The van der Waals surface area contributed by atoms with Gasteiger partial charge in [-0.2, -0.15) is 0 Å². The summed E-state index contributed by atoms with van der Waals surface area (Å²) in [5.41, 5.74) is 0. The standard InChI is InChI=1S/C7H10FNO3/c8-1-2-9-7(10)6-5-11-3-4-12-6/h5H,1-4H2,(H,9,10). The van der Waals surface area contributed by atoms with Crippen LogP contribution in [0.5, 0.6) is 0 Å². The van der Waals surface area contributed by atoms with Crippen molar-refractivity contribution < 1.29 is 18.7 Å². The molecule has 0 saturated heterocycles. The third kappa shape index (κ3) is 2.41. The number of hydrogen-bond donors (Lipinski definition) is 1. The molecule has 0 saturated carbocycles. The van der Waals surface area contributed by atoms with E-state index >= 15 is 0 Å². The van der Waals surface area contributed by atoms with E-state index in [1.165, 1.54) is 6.26 Å². The van der Waals surface area contributed by atoms with Crippen molar-refractivity contribution in [3.05, 3.63) is 12.0 Å². The molecule has 1 rings (SSSR count). The molecule has 1 aliphatic heterocycles. The Bertz CT molecular complexity index is 193. The van der Waals surface area contributed by atoms with Crippen LogP contribution in [0.15, 0.2) is 12.0 Å². The highest BCUT2D eigenvalue weighted by atomic mass is 19.1. The Kier molecular flexibility index (Phi) is 3.37. The molecule has 1 N–H and O–H groups in total. The number of carbonyl (C=O) groups is 1. The van der Waals surface area contributed by atoms with Crippen molar-refractivity contribution in [1.29, 1.82) is 0 Å². The summed E-state index contributed by atoms with van der Waals surface area (Å²) in [6.07, 6.45) is 1.23. The summed E-state index contributed by atoms with van der Waals surface area (Å²) in [5.74, 6) is -0.331. The molecule has 0 atom stereocenters. The SMILES string of the molecule is O=C(NCCF)C1=COCCO1. The molecule has 4 nitrogen and oxygen atoms in total. The van der Waals surface area contributed by atoms with Gasteiger partial charge in [-0.15, -0.1) is 0 Å². The zero-order valence-electron chi connectivity index (χ0n) is 6.51. The predicted molar refractivity (Wildman–Crippen MR) is 39.0 cm³/mol. The lowest BCUT2D eigenvalue weighted by Crippen LogP contribution is -2.29. The molecule has 68 valence electrons. The number of rotatable bonds is 3. The number of carbonyl (C=O) groups excluding carboxylic acids is 1. The van der Waals surface area contributed by atoms with Crippen molar-refractivity contribution in [2.75, 3.05) is 26.4 Å². The van der Waals surface area contributed by atoms with Gasteiger partial charge in [0.05, 0.1) is 0 Å². The van der Waals surface area contributed by atoms with E-state index in [4.69, 9.17) is 9.47 Å². The third-order valence-electron chi connectivity index (χ3n) is 1.25. The fraction of sp³-hybridized carbons (Fsp3) is 0.571. The maximum absolute atomic E-state index is 11.6. The van der Waals surface area contributed by atoms with Gasteiger partial charge in [0.2, 0.25) is 5.76 Å². The minimum absolute atomic E-state index is 0.000463. The summed E-state index contributed by atoms with van der Waals surface area (Å²) in [6, 6.07) is 0. The molecule has 0 bridgehead atoms. The Morgan fingerprint density at radius 2 is 2.50 bits per heavy atom. The van der Waals surface area contributed by atoms with E-state index in [0.717, 1.165) is 0 Å². The molecule has 1 heterocycles. The quantitative estimate of drug-likeness (QED) is 0.654. The Morgan fingerprint density at radius 1 is 1.67 bits per heavy atom. The number of nitrogens with one attached hydrogen (secondary N) is 1. The lowest BCUT2D eigenvalue weighted by molar-refractivity contribution is -0.122. The summed E-state index contributed by atoms with van der Waals surface area (Å²) < 4.78 is 21.4. The van der Waals surface area contributed by atoms with Crippen LogP contribution in [-0.2, 0) is 14.3 Å². The van der Waals surface area contributed by atoms with Gasteiger partial charge in [0.25, 0.3) is 5.91 Å². The van der Waals surface area contributed by atoms with E-state index in [2.05, 4.69) is 5.32 Å². The van der Waals surface area contributed by atoms with Crippen LogP contribution in [0.4, 0.5) is 4.39 Å². The van der Waals surface area contributed by atoms with Gasteiger partial charge in [0.1, 0.15) is 26.2 Å². The number of hydrogen-bond acceptors (Lipinski definition) is 3. The van der Waals surface area contributed by atoms with Crippen LogP contribution >= 0.6 is 0 Å². The van der Waals surface area contributed by atoms with Crippen molar-refractivity contribution in [2.45, 2.75) is 0 Å². The average Bonchev–Trinajstić information content (AvgIpc) is 2.15. The second kappa shape index (κ2) is 4.58. The number of amides is 1. The minimum atomic E-state index is -0.583. The molecular weight excluding hydrogens is 165 g/mol. The Morgan fingerprint density at radius 3 is 3.08 bits per heavy atom. The van der Waals surface area contributed by atoms with Crippen molar-refractivity contribution in [3.63, 3.8) is 0 Å². The normalized spacial score (nSPS) is 15.6. The van der Waals surface area contributed by atoms with Crippen LogP contribution < -0.4 is 5.32 Å². The molecule has 0 aliphatic carbocycles. The molecule has 5 heteroatoms. The number of halogens is 1. The van der Waals surface area contributed by atoms with Gasteiger partial charge in [0, 0.05) is 6.54 Å². The van der Waals surface area contributed by atoms with Crippen LogP contribution in [-0.4, -0.2) is 32.3 Å². The molecule has 0 aromatic rings. The lowest BCUT2D eigenvalue weighted by Gasteiger charge is -2.14. The molecule has 0 aromatic carbocycles. The molecule has 0 unspecified atom stereocenters. The summed E-state index contributed by atoms with van der Waals surface area (Å²) in [7, 11) is 0. The first-order valence-electron chi connectivity index (χ1n) is 3.63. The van der Waals surface area contributed by atoms with Gasteiger partial charge in [-0.25, -0.2) is 4.39 Å². The Balaban J connectivity index is 2.35. The largest absolute Gasteiger partial charge is 0.494 e. The van der Waals surface area contributed by atoms with E-state index in [1.807, 2.05) is 0 Å². The maximum atomic E-state index is 11.6. The van der Waals surface area contributed by atoms with E-state index in [1.54, 1.807) is 0 Å². The van der Waals surface area contributed by atoms with Gasteiger partial charge in [0.15, 0.2) is 0 Å². The summed E-state index contributed by atoms with van der Waals surface area (Å²) >= 11 is 0. The molecule has 0 spiro atoms. The average molecular weight is 175 g/mol. The summed E-state index contributed by atoms with van der Waals surface area (Å²) in [6.45, 7) is 0.216. The van der Waals surface area contributed by atoms with Crippen LogP contribution in [0.1, 0.15) is 0 Å². The van der Waals surface area contributed by atoms with Gasteiger partial charge in [-0.3, -0.25) is 4.79 Å². The Labute approximate surface area is 69.3 Å².